The van der Waals surface area contributed by atoms with Gasteiger partial charge in [-0.1, -0.05) is 48.0 Å². The van der Waals surface area contributed by atoms with Crippen LogP contribution < -0.4 is 20.3 Å². The molecule has 0 unspecified atom stereocenters. The van der Waals surface area contributed by atoms with Gasteiger partial charge in [-0.3, -0.25) is 19.3 Å². The molecule has 3 aromatic carbocycles. The number of para-hydroxylation sites is 1. The first-order valence-electron chi connectivity index (χ1n) is 10.8. The van der Waals surface area contributed by atoms with Crippen molar-refractivity contribution in [3.63, 3.8) is 0 Å². The predicted molar refractivity (Wildman–Crippen MR) is 127 cm³/mol. The van der Waals surface area contributed by atoms with Crippen molar-refractivity contribution in [3.05, 3.63) is 83.9 Å². The summed E-state index contributed by atoms with van der Waals surface area (Å²) < 4.78 is 5.51. The molecule has 3 aromatic rings. The molecule has 0 bridgehead atoms. The molecule has 3 amide bonds. The molecule has 1 aliphatic heterocycles. The van der Waals surface area contributed by atoms with E-state index in [-0.39, 0.29) is 30.9 Å². The van der Waals surface area contributed by atoms with E-state index in [1.165, 1.54) is 10.5 Å². The number of hydrogen-bond acceptors (Lipinski definition) is 4. The summed E-state index contributed by atoms with van der Waals surface area (Å²) in [6, 6.07) is 22.2. The van der Waals surface area contributed by atoms with Crippen molar-refractivity contribution in [3.8, 4) is 5.75 Å². The minimum absolute atomic E-state index is 0.132. The van der Waals surface area contributed by atoms with Crippen LogP contribution in [-0.2, 0) is 20.8 Å². The number of nitrogens with zero attached hydrogens (tertiary/aromatic N) is 1. The summed E-state index contributed by atoms with van der Waals surface area (Å²) in [4.78, 5) is 38.9. The summed E-state index contributed by atoms with van der Waals surface area (Å²) in [6.45, 7) is 1.72. The lowest BCUT2D eigenvalue weighted by molar-refractivity contribution is -0.123. The Bertz CT molecular complexity index is 1160. The Labute approximate surface area is 192 Å². The maximum absolute atomic E-state index is 12.5. The van der Waals surface area contributed by atoms with Crippen molar-refractivity contribution < 1.29 is 19.1 Å². The quantitative estimate of drug-likeness (QED) is 0.579. The largest absolute Gasteiger partial charge is 0.482 e. The van der Waals surface area contributed by atoms with Crippen molar-refractivity contribution >= 4 is 34.8 Å². The second-order valence-corrected chi connectivity index (χ2v) is 7.90. The van der Waals surface area contributed by atoms with Crippen molar-refractivity contribution in [1.82, 2.24) is 0 Å². The van der Waals surface area contributed by atoms with Crippen LogP contribution in [0.3, 0.4) is 0 Å². The van der Waals surface area contributed by atoms with Crippen LogP contribution >= 0.6 is 0 Å². The average molecular weight is 444 g/mol. The van der Waals surface area contributed by atoms with Gasteiger partial charge < -0.3 is 15.4 Å². The van der Waals surface area contributed by atoms with Crippen molar-refractivity contribution in [1.29, 1.82) is 0 Å². The highest BCUT2D eigenvalue weighted by Crippen LogP contribution is 2.34. The molecule has 7 heteroatoms. The van der Waals surface area contributed by atoms with Gasteiger partial charge in [-0.2, -0.15) is 0 Å². The minimum atomic E-state index is -0.325. The number of rotatable bonds is 7. The summed E-state index contributed by atoms with van der Waals surface area (Å²) in [5.41, 5.74) is 3.91. The molecule has 168 valence electrons. The number of nitrogens with one attached hydrogen (secondary N) is 2. The number of aryl methyl sites for hydroxylation is 2. The Morgan fingerprint density at radius 3 is 2.39 bits per heavy atom. The van der Waals surface area contributed by atoms with Gasteiger partial charge in [-0.25, -0.2) is 0 Å². The van der Waals surface area contributed by atoms with Gasteiger partial charge in [0.15, 0.2) is 6.61 Å². The normalized spacial score (nSPS) is 12.5. The summed E-state index contributed by atoms with van der Waals surface area (Å²) in [6.07, 6.45) is 0.962. The summed E-state index contributed by atoms with van der Waals surface area (Å²) in [5.74, 6) is -0.296. The van der Waals surface area contributed by atoms with E-state index in [4.69, 9.17) is 4.74 Å². The van der Waals surface area contributed by atoms with Gasteiger partial charge in [-0.15, -0.1) is 0 Å². The topological polar surface area (TPSA) is 87.7 Å². The lowest BCUT2D eigenvalue weighted by Crippen LogP contribution is -2.43. The molecule has 4 rings (SSSR count). The molecule has 0 aromatic heterocycles. The lowest BCUT2D eigenvalue weighted by Gasteiger charge is -2.29. The highest BCUT2D eigenvalue weighted by atomic mass is 16.5. The van der Waals surface area contributed by atoms with E-state index in [9.17, 15) is 14.4 Å². The third-order valence-corrected chi connectivity index (χ3v) is 5.31. The number of hydrogen-bond donors (Lipinski definition) is 2. The molecule has 2 N–H and O–H groups in total. The van der Waals surface area contributed by atoms with E-state index in [0.29, 0.717) is 35.7 Å². The zero-order valence-corrected chi connectivity index (χ0v) is 18.3. The van der Waals surface area contributed by atoms with E-state index >= 15 is 0 Å². The number of carbonyl (C=O) groups is 3. The first kappa shape index (κ1) is 22.1. The van der Waals surface area contributed by atoms with Gasteiger partial charge in [0.2, 0.25) is 11.8 Å². The molecule has 0 saturated heterocycles. The molecule has 0 aliphatic carbocycles. The Morgan fingerprint density at radius 2 is 1.64 bits per heavy atom. The minimum Gasteiger partial charge on any atom is -0.482 e. The van der Waals surface area contributed by atoms with E-state index in [2.05, 4.69) is 10.6 Å². The van der Waals surface area contributed by atoms with Crippen LogP contribution in [0.1, 0.15) is 17.5 Å². The molecule has 0 fully saturated rings. The highest BCUT2D eigenvalue weighted by Gasteiger charge is 2.28. The van der Waals surface area contributed by atoms with Crippen molar-refractivity contribution in [2.45, 2.75) is 19.8 Å². The number of ether oxygens (including phenoxy) is 1. The molecule has 1 aliphatic rings. The van der Waals surface area contributed by atoms with Crippen LogP contribution in [-0.4, -0.2) is 30.9 Å². The average Bonchev–Trinajstić information content (AvgIpc) is 2.81. The number of anilines is 3. The Balaban J connectivity index is 1.42. The Hall–Kier alpha value is -4.13. The maximum Gasteiger partial charge on any atom is 0.265 e. The first-order chi connectivity index (χ1) is 16.0. The summed E-state index contributed by atoms with van der Waals surface area (Å²) in [5, 5.41) is 5.65. The zero-order chi connectivity index (χ0) is 23.2. The van der Waals surface area contributed by atoms with Crippen LogP contribution in [0.5, 0.6) is 5.75 Å². The van der Waals surface area contributed by atoms with E-state index in [1.54, 1.807) is 30.3 Å². The van der Waals surface area contributed by atoms with Gasteiger partial charge in [0, 0.05) is 17.8 Å². The number of fused-ring (bicyclic) bond motifs is 1. The van der Waals surface area contributed by atoms with E-state index in [1.807, 2.05) is 49.4 Å². The predicted octanol–water partition coefficient (Wildman–Crippen LogP) is 3.93. The fourth-order valence-electron chi connectivity index (χ4n) is 3.55. The van der Waals surface area contributed by atoms with Gasteiger partial charge in [0.25, 0.3) is 5.91 Å². The lowest BCUT2D eigenvalue weighted by atomic mass is 10.1. The Morgan fingerprint density at radius 1 is 0.909 bits per heavy atom. The van der Waals surface area contributed by atoms with E-state index in [0.717, 1.165) is 5.56 Å². The highest BCUT2D eigenvalue weighted by molar-refractivity contribution is 6.05. The fourth-order valence-corrected chi connectivity index (χ4v) is 3.55. The SMILES string of the molecule is Cc1ccc(CCC(=O)Nc2ccc3c(c2)N(CC(=O)Nc2ccccc2)C(=O)CO3)cc1. The smallest absolute Gasteiger partial charge is 0.265 e. The molecular weight excluding hydrogens is 418 g/mol. The van der Waals surface area contributed by atoms with Crippen molar-refractivity contribution in [2.75, 3.05) is 28.7 Å². The van der Waals surface area contributed by atoms with Gasteiger partial charge >= 0.3 is 0 Å². The van der Waals surface area contributed by atoms with Gasteiger partial charge in [-0.05, 0) is 49.2 Å². The molecule has 0 radical (unpaired) electrons. The summed E-state index contributed by atoms with van der Waals surface area (Å²) >= 11 is 0. The number of benzene rings is 3. The second-order valence-electron chi connectivity index (χ2n) is 7.90. The van der Waals surface area contributed by atoms with Crippen LogP contribution in [0, 0.1) is 6.92 Å². The maximum atomic E-state index is 12.5. The molecular formula is C26H25N3O4. The van der Waals surface area contributed by atoms with E-state index < -0.39 is 0 Å². The number of amides is 3. The molecule has 33 heavy (non-hydrogen) atoms. The first-order valence-corrected chi connectivity index (χ1v) is 10.8. The van der Waals surface area contributed by atoms with Crippen LogP contribution in [0.4, 0.5) is 17.1 Å². The molecule has 0 saturated carbocycles. The summed E-state index contributed by atoms with van der Waals surface area (Å²) in [7, 11) is 0. The third kappa shape index (κ3) is 5.77. The zero-order valence-electron chi connectivity index (χ0n) is 18.3. The molecule has 0 atom stereocenters. The van der Waals surface area contributed by atoms with Crippen LogP contribution in [0.2, 0.25) is 0 Å². The van der Waals surface area contributed by atoms with Crippen LogP contribution in [0.25, 0.3) is 0 Å². The Kier molecular flexibility index (Phi) is 6.69. The number of carbonyl (C=O) groups excluding carboxylic acids is 3. The molecule has 1 heterocycles. The third-order valence-electron chi connectivity index (χ3n) is 5.31. The molecule has 7 nitrogen and oxygen atoms in total. The van der Waals surface area contributed by atoms with Crippen molar-refractivity contribution in [2.24, 2.45) is 0 Å². The second kappa shape index (κ2) is 9.99. The van der Waals surface area contributed by atoms with Gasteiger partial charge in [0.1, 0.15) is 12.3 Å². The monoisotopic (exact) mass is 443 g/mol. The van der Waals surface area contributed by atoms with Gasteiger partial charge in [0.05, 0.1) is 5.69 Å². The molecule has 0 spiro atoms. The fraction of sp³-hybridized carbons (Fsp3) is 0.192. The standard InChI is InChI=1S/C26H25N3O4/c1-18-7-9-19(10-8-18)11-14-24(30)28-21-12-13-23-22(15-21)29(26(32)17-33-23)16-25(31)27-20-5-3-2-4-6-20/h2-10,12-13,15H,11,14,16-17H2,1H3,(H,27,31)(H,28,30). The van der Waals surface area contributed by atoms with Crippen LogP contribution in [0.15, 0.2) is 72.8 Å².